The van der Waals surface area contributed by atoms with Crippen LogP contribution in [0.5, 0.6) is 0 Å². The summed E-state index contributed by atoms with van der Waals surface area (Å²) in [5.74, 6) is 0. The summed E-state index contributed by atoms with van der Waals surface area (Å²) in [5, 5.41) is 7.00. The molecule has 0 spiro atoms. The zero-order valence-corrected chi connectivity index (χ0v) is 29.8. The topological polar surface area (TPSA) is 29.5 Å². The van der Waals surface area contributed by atoms with Crippen LogP contribution >= 0.6 is 0 Å². The molecule has 3 nitrogen and oxygen atoms in total. The van der Waals surface area contributed by atoms with Crippen molar-refractivity contribution < 1.29 is 8.83 Å². The first-order valence-electron chi connectivity index (χ1n) is 18.7. The number of fused-ring (bicyclic) bond motifs is 7. The lowest BCUT2D eigenvalue weighted by Gasteiger charge is -2.26. The van der Waals surface area contributed by atoms with Gasteiger partial charge < -0.3 is 13.7 Å². The summed E-state index contributed by atoms with van der Waals surface area (Å²) in [7, 11) is 0. The Morgan fingerprint density at radius 2 is 0.855 bits per heavy atom. The number of rotatable bonds is 6. The lowest BCUT2D eigenvalue weighted by Crippen LogP contribution is -2.10. The summed E-state index contributed by atoms with van der Waals surface area (Å²) in [4.78, 5) is 2.35. The smallest absolute Gasteiger partial charge is 0.136 e. The summed E-state index contributed by atoms with van der Waals surface area (Å²) < 4.78 is 12.4. The Morgan fingerprint density at radius 1 is 0.291 bits per heavy atom. The predicted octanol–water partition coefficient (Wildman–Crippen LogP) is 15.1. The third kappa shape index (κ3) is 5.36. The molecular weight excluding hydrogens is 671 g/mol. The van der Waals surface area contributed by atoms with Crippen LogP contribution in [0.25, 0.3) is 88.0 Å². The molecule has 11 rings (SSSR count). The molecule has 3 heteroatoms. The van der Waals surface area contributed by atoms with Gasteiger partial charge >= 0.3 is 0 Å². The van der Waals surface area contributed by atoms with Gasteiger partial charge in [-0.2, -0.15) is 0 Å². The normalized spacial score (nSPS) is 11.6. The Balaban J connectivity index is 1.02. The van der Waals surface area contributed by atoms with Crippen molar-refractivity contribution in [3.05, 3.63) is 200 Å². The fourth-order valence-corrected chi connectivity index (χ4v) is 8.16. The van der Waals surface area contributed by atoms with Crippen molar-refractivity contribution in [2.24, 2.45) is 0 Å². The van der Waals surface area contributed by atoms with Crippen LogP contribution in [0.15, 0.2) is 209 Å². The average molecular weight is 704 g/mol. The minimum absolute atomic E-state index is 0.891. The van der Waals surface area contributed by atoms with Gasteiger partial charge in [0.05, 0.1) is 0 Å². The number of para-hydroxylation sites is 2. The van der Waals surface area contributed by atoms with Crippen LogP contribution in [-0.4, -0.2) is 0 Å². The second-order valence-electron chi connectivity index (χ2n) is 14.1. The lowest BCUT2D eigenvalue weighted by molar-refractivity contribution is 0.668. The first-order valence-corrected chi connectivity index (χ1v) is 18.7. The minimum atomic E-state index is 0.891. The van der Waals surface area contributed by atoms with Gasteiger partial charge in [0, 0.05) is 38.6 Å². The fraction of sp³-hybridized carbons (Fsp3) is 0. The van der Waals surface area contributed by atoms with Crippen LogP contribution in [-0.2, 0) is 0 Å². The summed E-state index contributed by atoms with van der Waals surface area (Å²) in [6, 6.07) is 71.2. The van der Waals surface area contributed by atoms with E-state index >= 15 is 0 Å². The number of anilines is 3. The molecule has 0 saturated heterocycles. The first-order chi connectivity index (χ1) is 27.2. The SMILES string of the molecule is c1cc(-c2cccc3oc4ccccc4c23)cc(N(c2ccc(-c3ccc4ccccc4c3)cc2)c2ccc(-c3ccc4oc5ccccc5c4c3)cc2)c1. The van der Waals surface area contributed by atoms with Crippen molar-refractivity contribution >= 4 is 71.7 Å². The maximum Gasteiger partial charge on any atom is 0.136 e. The van der Waals surface area contributed by atoms with Gasteiger partial charge in [-0.15, -0.1) is 0 Å². The molecule has 0 aliphatic rings. The van der Waals surface area contributed by atoms with Crippen molar-refractivity contribution in [2.45, 2.75) is 0 Å². The molecule has 0 aliphatic carbocycles. The van der Waals surface area contributed by atoms with Gasteiger partial charge in [-0.3, -0.25) is 0 Å². The van der Waals surface area contributed by atoms with E-state index in [0.717, 1.165) is 83.2 Å². The van der Waals surface area contributed by atoms with E-state index in [4.69, 9.17) is 8.83 Å². The molecule has 11 aromatic rings. The molecule has 55 heavy (non-hydrogen) atoms. The third-order valence-electron chi connectivity index (χ3n) is 10.9. The highest BCUT2D eigenvalue weighted by Gasteiger charge is 2.17. The molecule has 0 unspecified atom stereocenters. The van der Waals surface area contributed by atoms with Gasteiger partial charge in [0.1, 0.15) is 22.3 Å². The fourth-order valence-electron chi connectivity index (χ4n) is 8.16. The van der Waals surface area contributed by atoms with Crippen LogP contribution in [0.3, 0.4) is 0 Å². The molecule has 2 aromatic heterocycles. The number of hydrogen-bond donors (Lipinski definition) is 0. The van der Waals surface area contributed by atoms with E-state index < -0.39 is 0 Å². The molecule has 2 heterocycles. The zero-order valence-electron chi connectivity index (χ0n) is 29.8. The summed E-state index contributed by atoms with van der Waals surface area (Å²) in [6.07, 6.45) is 0. The van der Waals surface area contributed by atoms with Crippen LogP contribution < -0.4 is 4.90 Å². The van der Waals surface area contributed by atoms with E-state index in [0.29, 0.717) is 0 Å². The standard InChI is InChI=1S/C52H33NO2/c1-2-10-37-31-38(20-19-34(37)9-1)35-21-26-41(27-22-35)53(42-28-23-36(24-29-42)39-25-30-50-47(33-39)45-13-3-5-16-48(45)54-50)43-12-7-11-40(32-43)44-15-8-18-51-52(44)46-14-4-6-17-49(46)55-51/h1-33H. The zero-order chi connectivity index (χ0) is 36.3. The molecule has 0 aliphatic heterocycles. The van der Waals surface area contributed by atoms with E-state index in [-0.39, 0.29) is 0 Å². The number of benzene rings is 9. The van der Waals surface area contributed by atoms with Gasteiger partial charge in [0.2, 0.25) is 0 Å². The molecule has 0 amide bonds. The van der Waals surface area contributed by atoms with E-state index in [9.17, 15) is 0 Å². The average Bonchev–Trinajstić information content (AvgIpc) is 3.82. The molecule has 258 valence electrons. The molecule has 0 fully saturated rings. The molecule has 0 N–H and O–H groups in total. The Labute approximate surface area is 317 Å². The van der Waals surface area contributed by atoms with Gasteiger partial charge in [-0.05, 0) is 117 Å². The Morgan fingerprint density at radius 3 is 1.64 bits per heavy atom. The van der Waals surface area contributed by atoms with Crippen molar-refractivity contribution in [3.63, 3.8) is 0 Å². The third-order valence-corrected chi connectivity index (χ3v) is 10.9. The van der Waals surface area contributed by atoms with Crippen LogP contribution in [0.1, 0.15) is 0 Å². The highest BCUT2D eigenvalue weighted by molar-refractivity contribution is 6.12. The van der Waals surface area contributed by atoms with Crippen molar-refractivity contribution in [1.82, 2.24) is 0 Å². The lowest BCUT2D eigenvalue weighted by atomic mass is 9.98. The van der Waals surface area contributed by atoms with E-state index in [1.54, 1.807) is 0 Å². The quantitative estimate of drug-likeness (QED) is 0.173. The molecule has 0 atom stereocenters. The minimum Gasteiger partial charge on any atom is -0.456 e. The maximum absolute atomic E-state index is 6.27. The second-order valence-corrected chi connectivity index (χ2v) is 14.1. The highest BCUT2D eigenvalue weighted by Crippen LogP contribution is 2.42. The predicted molar refractivity (Wildman–Crippen MR) is 229 cm³/mol. The van der Waals surface area contributed by atoms with Crippen molar-refractivity contribution in [3.8, 4) is 33.4 Å². The van der Waals surface area contributed by atoms with Crippen LogP contribution in [0.2, 0.25) is 0 Å². The van der Waals surface area contributed by atoms with E-state index in [1.165, 1.54) is 21.9 Å². The van der Waals surface area contributed by atoms with E-state index in [2.05, 4.69) is 181 Å². The number of furan rings is 2. The molecule has 0 bridgehead atoms. The Kier molecular flexibility index (Phi) is 7.17. The second kappa shape index (κ2) is 12.6. The maximum atomic E-state index is 6.27. The number of hydrogen-bond acceptors (Lipinski definition) is 3. The van der Waals surface area contributed by atoms with E-state index in [1.807, 2.05) is 24.3 Å². The van der Waals surface area contributed by atoms with Gasteiger partial charge in [-0.25, -0.2) is 0 Å². The van der Waals surface area contributed by atoms with Gasteiger partial charge in [0.15, 0.2) is 0 Å². The summed E-state index contributed by atoms with van der Waals surface area (Å²) in [5.41, 5.74) is 13.8. The van der Waals surface area contributed by atoms with Crippen LogP contribution in [0, 0.1) is 0 Å². The van der Waals surface area contributed by atoms with Crippen molar-refractivity contribution in [2.75, 3.05) is 4.90 Å². The molecule has 0 radical (unpaired) electrons. The Hall–Kier alpha value is -7.36. The van der Waals surface area contributed by atoms with Gasteiger partial charge in [-0.1, -0.05) is 127 Å². The largest absolute Gasteiger partial charge is 0.456 e. The summed E-state index contributed by atoms with van der Waals surface area (Å²) >= 11 is 0. The molecule has 0 saturated carbocycles. The number of nitrogens with zero attached hydrogens (tertiary/aromatic N) is 1. The first kappa shape index (κ1) is 31.2. The van der Waals surface area contributed by atoms with Gasteiger partial charge in [0.25, 0.3) is 0 Å². The highest BCUT2D eigenvalue weighted by atomic mass is 16.3. The van der Waals surface area contributed by atoms with Crippen molar-refractivity contribution in [1.29, 1.82) is 0 Å². The monoisotopic (exact) mass is 703 g/mol. The Bertz CT molecular complexity index is 3200. The molecular formula is C52H33NO2. The molecule has 9 aromatic carbocycles. The van der Waals surface area contributed by atoms with Crippen LogP contribution in [0.4, 0.5) is 17.1 Å². The summed E-state index contributed by atoms with van der Waals surface area (Å²) in [6.45, 7) is 0.